The molecular formula is C19H32N4. The maximum atomic E-state index is 5.97. The maximum absolute atomic E-state index is 5.97. The molecule has 1 heterocycles. The number of unbranched alkanes of at least 4 members (excludes halogenated alkanes) is 1. The monoisotopic (exact) mass is 316 g/mol. The molecule has 3 N–H and O–H groups in total. The molecule has 0 unspecified atom stereocenters. The van der Waals surface area contributed by atoms with Crippen molar-refractivity contribution in [3.8, 4) is 0 Å². The summed E-state index contributed by atoms with van der Waals surface area (Å²) in [6, 6.07) is 6.33. The van der Waals surface area contributed by atoms with Crippen LogP contribution in [0.4, 0.5) is 5.69 Å². The summed E-state index contributed by atoms with van der Waals surface area (Å²) in [5.41, 5.74) is 9.46. The molecule has 0 radical (unpaired) electrons. The van der Waals surface area contributed by atoms with Gasteiger partial charge in [0.25, 0.3) is 0 Å². The molecule has 0 spiro atoms. The van der Waals surface area contributed by atoms with Crippen LogP contribution in [0.25, 0.3) is 0 Å². The van der Waals surface area contributed by atoms with Gasteiger partial charge in [0, 0.05) is 12.2 Å². The largest absolute Gasteiger partial charge is 0.370 e. The molecule has 1 fully saturated rings. The van der Waals surface area contributed by atoms with Crippen LogP contribution in [0.5, 0.6) is 0 Å². The zero-order valence-corrected chi connectivity index (χ0v) is 14.9. The van der Waals surface area contributed by atoms with Crippen molar-refractivity contribution in [1.29, 1.82) is 0 Å². The van der Waals surface area contributed by atoms with E-state index in [2.05, 4.69) is 54.2 Å². The van der Waals surface area contributed by atoms with Gasteiger partial charge in [-0.2, -0.15) is 0 Å². The number of guanidine groups is 1. The zero-order chi connectivity index (χ0) is 16.7. The standard InChI is InChI=1S/C19H32N4/c1-15-6-10-23(11-7-15)9-5-4-8-21-19(20)22-18-13-16(2)12-17(3)14-18/h12-15H,4-11H2,1-3H3,(H3,20,21,22). The lowest BCUT2D eigenvalue weighted by Crippen LogP contribution is -2.33. The van der Waals surface area contributed by atoms with Crippen molar-refractivity contribution in [2.45, 2.75) is 46.5 Å². The second kappa shape index (κ2) is 8.92. The van der Waals surface area contributed by atoms with Gasteiger partial charge in [0.15, 0.2) is 5.96 Å². The summed E-state index contributed by atoms with van der Waals surface area (Å²) in [6.45, 7) is 11.1. The predicted octanol–water partition coefficient (Wildman–Crippen LogP) is 3.54. The maximum Gasteiger partial charge on any atom is 0.193 e. The molecule has 4 nitrogen and oxygen atoms in total. The van der Waals surface area contributed by atoms with Crippen LogP contribution in [0.2, 0.25) is 0 Å². The molecule has 23 heavy (non-hydrogen) atoms. The van der Waals surface area contributed by atoms with E-state index in [-0.39, 0.29) is 0 Å². The van der Waals surface area contributed by atoms with Crippen molar-refractivity contribution in [2.24, 2.45) is 16.6 Å². The summed E-state index contributed by atoms with van der Waals surface area (Å²) >= 11 is 0. The van der Waals surface area contributed by atoms with Gasteiger partial charge in [0.1, 0.15) is 0 Å². The number of rotatable bonds is 6. The van der Waals surface area contributed by atoms with E-state index in [0.29, 0.717) is 5.96 Å². The van der Waals surface area contributed by atoms with Crippen molar-refractivity contribution in [1.82, 2.24) is 4.90 Å². The lowest BCUT2D eigenvalue weighted by atomic mass is 9.99. The lowest BCUT2D eigenvalue weighted by Gasteiger charge is -2.30. The number of benzene rings is 1. The summed E-state index contributed by atoms with van der Waals surface area (Å²) in [5.74, 6) is 1.42. The van der Waals surface area contributed by atoms with Gasteiger partial charge in [0.05, 0.1) is 0 Å². The van der Waals surface area contributed by atoms with E-state index in [9.17, 15) is 0 Å². The van der Waals surface area contributed by atoms with Crippen molar-refractivity contribution >= 4 is 11.6 Å². The Bertz CT molecular complexity index is 496. The summed E-state index contributed by atoms with van der Waals surface area (Å²) in [7, 11) is 0. The quantitative estimate of drug-likeness (QED) is 0.479. The van der Waals surface area contributed by atoms with Gasteiger partial charge >= 0.3 is 0 Å². The highest BCUT2D eigenvalue weighted by Crippen LogP contribution is 2.16. The van der Waals surface area contributed by atoms with Crippen LogP contribution < -0.4 is 11.1 Å². The van der Waals surface area contributed by atoms with Gasteiger partial charge < -0.3 is 16.0 Å². The second-order valence-electron chi connectivity index (χ2n) is 7.00. The molecule has 1 aromatic carbocycles. The Kier molecular flexibility index (Phi) is 6.90. The van der Waals surface area contributed by atoms with Crippen molar-refractivity contribution in [2.75, 3.05) is 31.5 Å². The van der Waals surface area contributed by atoms with E-state index in [1.165, 1.54) is 50.0 Å². The van der Waals surface area contributed by atoms with Gasteiger partial charge in [-0.15, -0.1) is 0 Å². The van der Waals surface area contributed by atoms with Crippen LogP contribution in [0.1, 0.15) is 43.7 Å². The summed E-state index contributed by atoms with van der Waals surface area (Å²) in [6.07, 6.45) is 5.01. The summed E-state index contributed by atoms with van der Waals surface area (Å²) in [4.78, 5) is 7.02. The number of anilines is 1. The summed E-state index contributed by atoms with van der Waals surface area (Å²) < 4.78 is 0. The number of hydrogen-bond donors (Lipinski definition) is 2. The molecule has 1 aromatic rings. The average Bonchev–Trinajstić information content (AvgIpc) is 2.47. The Morgan fingerprint density at radius 2 is 1.83 bits per heavy atom. The Morgan fingerprint density at radius 3 is 2.48 bits per heavy atom. The Labute approximate surface area is 141 Å². The van der Waals surface area contributed by atoms with E-state index in [0.717, 1.165) is 24.6 Å². The first-order chi connectivity index (χ1) is 11.0. The van der Waals surface area contributed by atoms with E-state index in [4.69, 9.17) is 5.73 Å². The molecule has 0 aromatic heterocycles. The van der Waals surface area contributed by atoms with Crippen LogP contribution in [0.15, 0.2) is 23.2 Å². The fraction of sp³-hybridized carbons (Fsp3) is 0.632. The summed E-state index contributed by atoms with van der Waals surface area (Å²) in [5, 5.41) is 3.19. The topological polar surface area (TPSA) is 53.6 Å². The number of nitrogens with one attached hydrogen (secondary N) is 1. The fourth-order valence-electron chi connectivity index (χ4n) is 3.17. The van der Waals surface area contributed by atoms with Crippen LogP contribution in [-0.2, 0) is 0 Å². The normalized spacial score (nSPS) is 17.4. The second-order valence-corrected chi connectivity index (χ2v) is 7.00. The number of likely N-dealkylation sites (tertiary alicyclic amines) is 1. The fourth-order valence-corrected chi connectivity index (χ4v) is 3.17. The van der Waals surface area contributed by atoms with E-state index in [1.807, 2.05) is 0 Å². The first-order valence-electron chi connectivity index (χ1n) is 8.90. The third-order valence-electron chi connectivity index (χ3n) is 4.53. The minimum atomic E-state index is 0.516. The molecule has 0 saturated carbocycles. The van der Waals surface area contributed by atoms with Crippen LogP contribution in [0.3, 0.4) is 0 Å². The Morgan fingerprint density at radius 1 is 1.17 bits per heavy atom. The number of nitrogens with zero attached hydrogens (tertiary/aromatic N) is 2. The number of piperidine rings is 1. The molecular weight excluding hydrogens is 284 g/mol. The predicted molar refractivity (Wildman–Crippen MR) is 100 cm³/mol. The SMILES string of the molecule is Cc1cc(C)cc(NC(N)=NCCCCN2CCC(C)CC2)c1. The Hall–Kier alpha value is -1.55. The van der Waals surface area contributed by atoms with Gasteiger partial charge in [0.2, 0.25) is 0 Å². The van der Waals surface area contributed by atoms with E-state index < -0.39 is 0 Å². The zero-order valence-electron chi connectivity index (χ0n) is 14.9. The van der Waals surface area contributed by atoms with E-state index in [1.54, 1.807) is 0 Å². The van der Waals surface area contributed by atoms with Crippen LogP contribution in [-0.4, -0.2) is 37.0 Å². The van der Waals surface area contributed by atoms with Crippen molar-refractivity contribution in [3.63, 3.8) is 0 Å². The van der Waals surface area contributed by atoms with Gasteiger partial charge in [-0.05, 0) is 88.3 Å². The third kappa shape index (κ3) is 6.61. The molecule has 0 aliphatic carbocycles. The highest BCUT2D eigenvalue weighted by atomic mass is 15.1. The number of nitrogens with two attached hydrogens (primary N) is 1. The smallest absolute Gasteiger partial charge is 0.193 e. The molecule has 0 amide bonds. The van der Waals surface area contributed by atoms with Crippen molar-refractivity contribution < 1.29 is 0 Å². The lowest BCUT2D eigenvalue weighted by molar-refractivity contribution is 0.190. The highest BCUT2D eigenvalue weighted by molar-refractivity contribution is 5.92. The molecule has 1 saturated heterocycles. The number of aryl methyl sites for hydroxylation is 2. The first kappa shape index (κ1) is 17.8. The minimum absolute atomic E-state index is 0.516. The first-order valence-corrected chi connectivity index (χ1v) is 8.90. The molecule has 2 rings (SSSR count). The van der Waals surface area contributed by atoms with Crippen molar-refractivity contribution in [3.05, 3.63) is 29.3 Å². The molecule has 0 atom stereocenters. The van der Waals surface area contributed by atoms with Crippen LogP contribution in [0, 0.1) is 19.8 Å². The molecule has 128 valence electrons. The van der Waals surface area contributed by atoms with Gasteiger partial charge in [-0.25, -0.2) is 0 Å². The number of aliphatic imine (C=N–C) groups is 1. The molecule has 1 aliphatic rings. The molecule has 4 heteroatoms. The van der Waals surface area contributed by atoms with Crippen LogP contribution >= 0.6 is 0 Å². The Balaban J connectivity index is 1.65. The third-order valence-corrected chi connectivity index (χ3v) is 4.53. The number of hydrogen-bond acceptors (Lipinski definition) is 2. The van der Waals surface area contributed by atoms with E-state index >= 15 is 0 Å². The minimum Gasteiger partial charge on any atom is -0.370 e. The average molecular weight is 316 g/mol. The highest BCUT2D eigenvalue weighted by Gasteiger charge is 2.14. The molecule has 1 aliphatic heterocycles. The van der Waals surface area contributed by atoms with Gasteiger partial charge in [-0.3, -0.25) is 4.99 Å². The van der Waals surface area contributed by atoms with Gasteiger partial charge in [-0.1, -0.05) is 13.0 Å². The molecule has 0 bridgehead atoms.